The van der Waals surface area contributed by atoms with E-state index < -0.39 is 0 Å². The van der Waals surface area contributed by atoms with Gasteiger partial charge in [0.15, 0.2) is 0 Å². The second-order valence-corrected chi connectivity index (χ2v) is 6.82. The number of urea groups is 1. The molecule has 0 spiro atoms. The molecule has 8 nitrogen and oxygen atoms in total. The lowest BCUT2D eigenvalue weighted by Gasteiger charge is -2.36. The number of amides is 3. The molecule has 9 heteroatoms. The number of piperazine rings is 1. The molecular formula is C16H20N6O2S. The molecule has 1 aliphatic heterocycles. The first kappa shape index (κ1) is 17.2. The maximum atomic E-state index is 12.2. The summed E-state index contributed by atoms with van der Waals surface area (Å²) in [5, 5.41) is 14.1. The van der Waals surface area contributed by atoms with E-state index in [2.05, 4.69) is 37.9 Å². The van der Waals surface area contributed by atoms with E-state index in [1.54, 1.807) is 4.90 Å². The number of aromatic nitrogens is 2. The Hall–Kier alpha value is -2.68. The highest BCUT2D eigenvalue weighted by Gasteiger charge is 2.21. The summed E-state index contributed by atoms with van der Waals surface area (Å²) < 4.78 is 0. The standard InChI is InChI=1S/C16H20N6O2S/c1-12-19-20-15(25-12)18-14(23)11-17-16(24)22-9-7-21(8-10-22)13-5-3-2-4-6-13/h2-6H,7-11H2,1H3,(H,17,24)(H,18,20,23). The number of nitrogens with zero attached hydrogens (tertiary/aromatic N) is 4. The van der Waals surface area contributed by atoms with Gasteiger partial charge in [-0.1, -0.05) is 29.5 Å². The number of carbonyl (C=O) groups is 2. The lowest BCUT2D eigenvalue weighted by Crippen LogP contribution is -2.52. The lowest BCUT2D eigenvalue weighted by molar-refractivity contribution is -0.115. The lowest BCUT2D eigenvalue weighted by atomic mass is 10.2. The van der Waals surface area contributed by atoms with Gasteiger partial charge >= 0.3 is 6.03 Å². The van der Waals surface area contributed by atoms with Crippen molar-refractivity contribution >= 4 is 34.1 Å². The Morgan fingerprint density at radius 2 is 1.84 bits per heavy atom. The van der Waals surface area contributed by atoms with E-state index >= 15 is 0 Å². The quantitative estimate of drug-likeness (QED) is 0.858. The van der Waals surface area contributed by atoms with E-state index in [1.807, 2.05) is 25.1 Å². The fraction of sp³-hybridized carbons (Fsp3) is 0.375. The average Bonchev–Trinajstić information content (AvgIpc) is 3.05. The maximum Gasteiger partial charge on any atom is 0.317 e. The predicted octanol–water partition coefficient (Wildman–Crippen LogP) is 1.32. The van der Waals surface area contributed by atoms with Crippen molar-refractivity contribution in [2.75, 3.05) is 42.9 Å². The first-order chi connectivity index (χ1) is 12.1. The monoisotopic (exact) mass is 360 g/mol. The van der Waals surface area contributed by atoms with Gasteiger partial charge in [-0.05, 0) is 19.1 Å². The van der Waals surface area contributed by atoms with Crippen LogP contribution in [0.4, 0.5) is 15.6 Å². The molecule has 1 aliphatic rings. The third kappa shape index (κ3) is 4.66. The van der Waals surface area contributed by atoms with Crippen LogP contribution in [-0.2, 0) is 4.79 Å². The van der Waals surface area contributed by atoms with E-state index in [4.69, 9.17) is 0 Å². The summed E-state index contributed by atoms with van der Waals surface area (Å²) in [7, 11) is 0. The van der Waals surface area contributed by atoms with Gasteiger partial charge in [-0.3, -0.25) is 10.1 Å². The number of nitrogens with one attached hydrogen (secondary N) is 2. The molecule has 2 aromatic rings. The Labute approximate surface area is 149 Å². The Balaban J connectivity index is 1.41. The number of rotatable bonds is 4. The molecule has 3 rings (SSSR count). The first-order valence-corrected chi connectivity index (χ1v) is 8.86. The first-order valence-electron chi connectivity index (χ1n) is 8.04. The number of aryl methyl sites for hydroxylation is 1. The molecule has 2 heterocycles. The Bertz CT molecular complexity index is 727. The van der Waals surface area contributed by atoms with Gasteiger partial charge < -0.3 is 15.1 Å². The summed E-state index contributed by atoms with van der Waals surface area (Å²) in [5.41, 5.74) is 1.16. The summed E-state index contributed by atoms with van der Waals surface area (Å²) in [5.74, 6) is -0.313. The van der Waals surface area contributed by atoms with Gasteiger partial charge in [0.1, 0.15) is 5.01 Å². The van der Waals surface area contributed by atoms with Gasteiger partial charge in [-0.15, -0.1) is 10.2 Å². The molecule has 1 fully saturated rings. The highest BCUT2D eigenvalue weighted by atomic mass is 32.1. The molecule has 132 valence electrons. The largest absolute Gasteiger partial charge is 0.368 e. The molecule has 1 saturated heterocycles. The molecule has 0 saturated carbocycles. The van der Waals surface area contributed by atoms with E-state index in [-0.39, 0.29) is 18.5 Å². The summed E-state index contributed by atoms with van der Waals surface area (Å²) in [6.07, 6.45) is 0. The van der Waals surface area contributed by atoms with Crippen LogP contribution in [0, 0.1) is 6.92 Å². The number of hydrogen-bond donors (Lipinski definition) is 2. The van der Waals surface area contributed by atoms with Crippen molar-refractivity contribution in [2.24, 2.45) is 0 Å². The minimum absolute atomic E-state index is 0.0869. The average molecular weight is 360 g/mol. The predicted molar refractivity (Wildman–Crippen MR) is 96.9 cm³/mol. The molecule has 1 aromatic heterocycles. The third-order valence-electron chi connectivity index (χ3n) is 3.86. The summed E-state index contributed by atoms with van der Waals surface area (Å²) in [6.45, 7) is 4.51. The van der Waals surface area contributed by atoms with Gasteiger partial charge in [0.2, 0.25) is 11.0 Å². The van der Waals surface area contributed by atoms with Crippen molar-refractivity contribution in [3.05, 3.63) is 35.3 Å². The van der Waals surface area contributed by atoms with Gasteiger partial charge in [0, 0.05) is 31.9 Å². The van der Waals surface area contributed by atoms with Gasteiger partial charge in [-0.2, -0.15) is 0 Å². The van der Waals surface area contributed by atoms with Gasteiger partial charge in [-0.25, -0.2) is 4.79 Å². The zero-order chi connectivity index (χ0) is 17.6. The number of hydrogen-bond acceptors (Lipinski definition) is 6. The minimum atomic E-state index is -0.313. The molecule has 0 radical (unpaired) electrons. The fourth-order valence-corrected chi connectivity index (χ4v) is 3.19. The highest BCUT2D eigenvalue weighted by Crippen LogP contribution is 2.15. The molecule has 0 bridgehead atoms. The van der Waals surface area contributed by atoms with E-state index in [0.29, 0.717) is 18.2 Å². The van der Waals surface area contributed by atoms with Crippen LogP contribution in [0.1, 0.15) is 5.01 Å². The summed E-state index contributed by atoms with van der Waals surface area (Å²) in [4.78, 5) is 28.0. The van der Waals surface area contributed by atoms with Gasteiger partial charge in [0.25, 0.3) is 0 Å². The van der Waals surface area contributed by atoms with Crippen LogP contribution in [0.5, 0.6) is 0 Å². The normalized spacial score (nSPS) is 14.3. The second-order valence-electron chi connectivity index (χ2n) is 5.64. The van der Waals surface area contributed by atoms with Crippen LogP contribution in [0.25, 0.3) is 0 Å². The van der Waals surface area contributed by atoms with Crippen molar-refractivity contribution < 1.29 is 9.59 Å². The van der Waals surface area contributed by atoms with Crippen LogP contribution in [0.3, 0.4) is 0 Å². The molecular weight excluding hydrogens is 340 g/mol. The maximum absolute atomic E-state index is 12.2. The van der Waals surface area contributed by atoms with Crippen LogP contribution in [0.15, 0.2) is 30.3 Å². The molecule has 0 aliphatic carbocycles. The fourth-order valence-electron chi connectivity index (χ4n) is 2.58. The zero-order valence-corrected chi connectivity index (χ0v) is 14.8. The van der Waals surface area contributed by atoms with Crippen molar-refractivity contribution in [1.82, 2.24) is 20.4 Å². The number of anilines is 2. The molecule has 1 aromatic carbocycles. The zero-order valence-electron chi connectivity index (χ0n) is 13.9. The number of benzene rings is 1. The van der Waals surface area contributed by atoms with E-state index in [1.165, 1.54) is 11.3 Å². The van der Waals surface area contributed by atoms with Crippen molar-refractivity contribution in [2.45, 2.75) is 6.92 Å². The van der Waals surface area contributed by atoms with Gasteiger partial charge in [0.05, 0.1) is 6.54 Å². The van der Waals surface area contributed by atoms with Crippen LogP contribution in [0.2, 0.25) is 0 Å². The second kappa shape index (κ2) is 7.93. The molecule has 3 amide bonds. The summed E-state index contributed by atoms with van der Waals surface area (Å²) in [6, 6.07) is 9.90. The van der Waals surface area contributed by atoms with Crippen LogP contribution in [-0.4, -0.2) is 59.8 Å². The Kier molecular flexibility index (Phi) is 5.44. The summed E-state index contributed by atoms with van der Waals surface area (Å²) >= 11 is 1.29. The van der Waals surface area contributed by atoms with E-state index in [0.717, 1.165) is 23.8 Å². The van der Waals surface area contributed by atoms with Crippen molar-refractivity contribution in [3.63, 3.8) is 0 Å². The van der Waals surface area contributed by atoms with Crippen LogP contribution < -0.4 is 15.5 Å². The molecule has 2 N–H and O–H groups in total. The SMILES string of the molecule is Cc1nnc(NC(=O)CNC(=O)N2CCN(c3ccccc3)CC2)s1. The van der Waals surface area contributed by atoms with Crippen molar-refractivity contribution in [3.8, 4) is 0 Å². The molecule has 0 atom stereocenters. The van der Waals surface area contributed by atoms with Crippen molar-refractivity contribution in [1.29, 1.82) is 0 Å². The van der Waals surface area contributed by atoms with Crippen LogP contribution >= 0.6 is 11.3 Å². The number of carbonyl (C=O) groups excluding carboxylic acids is 2. The molecule has 0 unspecified atom stereocenters. The minimum Gasteiger partial charge on any atom is -0.368 e. The molecule has 25 heavy (non-hydrogen) atoms. The Morgan fingerprint density at radius 3 is 2.48 bits per heavy atom. The Morgan fingerprint density at radius 1 is 1.12 bits per heavy atom. The third-order valence-corrected chi connectivity index (χ3v) is 4.61. The highest BCUT2D eigenvalue weighted by molar-refractivity contribution is 7.15. The topological polar surface area (TPSA) is 90.5 Å². The van der Waals surface area contributed by atoms with E-state index in [9.17, 15) is 9.59 Å². The number of para-hydroxylation sites is 1. The smallest absolute Gasteiger partial charge is 0.317 e.